The Hall–Kier alpha value is -3.95. The topological polar surface area (TPSA) is 115 Å². The Labute approximate surface area is 239 Å². The molecule has 2 aromatic carbocycles. The van der Waals surface area contributed by atoms with Crippen LogP contribution in [-0.2, 0) is 0 Å². The Balaban J connectivity index is 1.15. The molecule has 8 nitrogen and oxygen atoms in total. The maximum atomic E-state index is 13.4. The number of rotatable bonds is 7. The fourth-order valence-electron chi connectivity index (χ4n) is 5.03. The summed E-state index contributed by atoms with van der Waals surface area (Å²) in [6.07, 6.45) is 6.90. The zero-order valence-electron chi connectivity index (χ0n) is 21.5. The molecule has 1 saturated carbocycles. The standard InChI is InChI=1S/C30H26ClN3O5S/c31-24-8-7-22(32-27(35)25-26(21-11-14-39-16-21)40-28(33-25)19-3-4-19)15-23(24)29(36)34-12-9-18(10-13-34)17-1-5-20(6-2-17)30(37)38/h1-2,5-8,11,14-16,18-19H,3-4,9-10,12-13H2,(H,32,35)(H,37,38)/p+1. The number of anilines is 1. The Morgan fingerprint density at radius 3 is 2.40 bits per heavy atom. The molecule has 0 atom stereocenters. The van der Waals surface area contributed by atoms with Crippen LogP contribution in [0.2, 0.25) is 5.02 Å². The van der Waals surface area contributed by atoms with Crippen molar-refractivity contribution in [2.75, 3.05) is 18.4 Å². The molecule has 6 rings (SSSR count). The first kappa shape index (κ1) is 26.3. The van der Waals surface area contributed by atoms with Crippen molar-refractivity contribution in [3.63, 3.8) is 0 Å². The van der Waals surface area contributed by atoms with Crippen molar-refractivity contribution < 1.29 is 23.9 Å². The minimum absolute atomic E-state index is 0.182. The van der Waals surface area contributed by atoms with Crippen LogP contribution >= 0.6 is 22.9 Å². The number of halogens is 1. The van der Waals surface area contributed by atoms with Crippen molar-refractivity contribution in [3.05, 3.63) is 93.5 Å². The summed E-state index contributed by atoms with van der Waals surface area (Å²) in [5.74, 6) is -0.552. The van der Waals surface area contributed by atoms with E-state index in [2.05, 4.69) is 10.3 Å². The largest absolute Gasteiger partial charge is 0.561 e. The molecule has 2 aromatic heterocycles. The number of carbonyl (C=O) groups is 3. The fourth-order valence-corrected chi connectivity index (χ4v) is 6.45. The minimum Gasteiger partial charge on any atom is -0.561 e. The van der Waals surface area contributed by atoms with Gasteiger partial charge in [0.2, 0.25) is 0 Å². The molecule has 1 aliphatic carbocycles. The summed E-state index contributed by atoms with van der Waals surface area (Å²) in [6, 6.07) is 13.9. The summed E-state index contributed by atoms with van der Waals surface area (Å²) in [6.45, 7) is 1.12. The average molecular weight is 577 g/mol. The molecule has 1 aliphatic heterocycles. The van der Waals surface area contributed by atoms with Crippen LogP contribution in [-0.4, -0.2) is 45.9 Å². The monoisotopic (exact) mass is 576 g/mol. The van der Waals surface area contributed by atoms with Crippen molar-refractivity contribution >= 4 is 46.4 Å². The van der Waals surface area contributed by atoms with Gasteiger partial charge < -0.3 is 19.7 Å². The quantitative estimate of drug-likeness (QED) is 0.268. The summed E-state index contributed by atoms with van der Waals surface area (Å²) < 4.78 is 5.24. The molecule has 3 N–H and O–H groups in total. The number of nitrogens with zero attached hydrogens (tertiary/aromatic N) is 2. The second-order valence-corrected chi connectivity index (χ2v) is 11.6. The van der Waals surface area contributed by atoms with Crippen LogP contribution in [0.4, 0.5) is 5.69 Å². The molecular formula is C30H27ClN3O5S+. The van der Waals surface area contributed by atoms with Crippen molar-refractivity contribution in [1.29, 1.82) is 0 Å². The molecule has 2 fully saturated rings. The van der Waals surface area contributed by atoms with Gasteiger partial charge in [-0.25, -0.2) is 4.98 Å². The highest BCUT2D eigenvalue weighted by Crippen LogP contribution is 2.45. The molecule has 0 bridgehead atoms. The van der Waals surface area contributed by atoms with Gasteiger partial charge in [0.15, 0.2) is 0 Å². The van der Waals surface area contributed by atoms with Gasteiger partial charge in [0.1, 0.15) is 11.3 Å². The molecule has 2 aliphatic rings. The van der Waals surface area contributed by atoms with E-state index < -0.39 is 5.97 Å². The zero-order valence-corrected chi connectivity index (χ0v) is 23.1. The van der Waals surface area contributed by atoms with Gasteiger partial charge in [0.05, 0.1) is 33.0 Å². The number of hydrogen-bond donors (Lipinski definition) is 1. The Morgan fingerprint density at radius 1 is 1.00 bits per heavy atom. The number of likely N-dealkylation sites (tertiary alicyclic amines) is 1. The van der Waals surface area contributed by atoms with Gasteiger partial charge in [0, 0.05) is 35.1 Å². The summed E-state index contributed by atoms with van der Waals surface area (Å²) in [5, 5.41) is 11.4. The number of amides is 2. The molecule has 2 amide bonds. The van der Waals surface area contributed by atoms with Crippen LogP contribution in [0.25, 0.3) is 10.4 Å². The number of carbonyl (C=O) groups excluding carboxylic acids is 3. The summed E-state index contributed by atoms with van der Waals surface area (Å²) in [7, 11) is 0. The number of thiazole rings is 1. The molecule has 0 spiro atoms. The van der Waals surface area contributed by atoms with Crippen LogP contribution in [0.1, 0.15) is 79.3 Å². The molecule has 3 heterocycles. The van der Waals surface area contributed by atoms with E-state index >= 15 is 0 Å². The second kappa shape index (κ2) is 10.9. The lowest BCUT2D eigenvalue weighted by molar-refractivity contribution is 0.0691. The van der Waals surface area contributed by atoms with Crippen LogP contribution in [0.3, 0.4) is 0 Å². The predicted octanol–water partition coefficient (Wildman–Crippen LogP) is 6.07. The van der Waals surface area contributed by atoms with Gasteiger partial charge in [-0.05, 0) is 73.6 Å². The molecule has 0 radical (unpaired) electrons. The number of hydrogen-bond acceptors (Lipinski definition) is 6. The van der Waals surface area contributed by atoms with Gasteiger partial charge in [-0.1, -0.05) is 23.7 Å². The normalized spacial score (nSPS) is 15.7. The van der Waals surface area contributed by atoms with E-state index in [1.165, 1.54) is 11.3 Å². The molecule has 40 heavy (non-hydrogen) atoms. The fraction of sp³-hybridized carbons (Fsp3) is 0.267. The van der Waals surface area contributed by atoms with E-state index in [-0.39, 0.29) is 17.7 Å². The van der Waals surface area contributed by atoms with E-state index in [0.717, 1.165) is 46.7 Å². The lowest BCUT2D eigenvalue weighted by Gasteiger charge is -2.32. The van der Waals surface area contributed by atoms with Crippen molar-refractivity contribution in [2.45, 2.75) is 37.5 Å². The van der Waals surface area contributed by atoms with Gasteiger partial charge >= 0.3 is 5.97 Å². The SMILES string of the molecule is O=C([OH2+])c1ccc(C2CCN(C(=O)c3cc(NC(=O)c4nc(C5CC5)sc4-c4ccoc4)ccc3Cl)CC2)cc1. The van der Waals surface area contributed by atoms with Crippen LogP contribution in [0, 0.1) is 0 Å². The third-order valence-electron chi connectivity index (χ3n) is 7.45. The molecule has 204 valence electrons. The first-order valence-electron chi connectivity index (χ1n) is 13.2. The van der Waals surface area contributed by atoms with Crippen molar-refractivity contribution in [1.82, 2.24) is 9.88 Å². The van der Waals surface area contributed by atoms with Crippen molar-refractivity contribution in [2.24, 2.45) is 0 Å². The average Bonchev–Trinajstić information content (AvgIpc) is 3.48. The van der Waals surface area contributed by atoms with Gasteiger partial charge in [-0.2, -0.15) is 0 Å². The predicted molar refractivity (Wildman–Crippen MR) is 153 cm³/mol. The number of furan rings is 1. The minimum atomic E-state index is -0.699. The molecule has 1 saturated heterocycles. The van der Waals surface area contributed by atoms with E-state index in [9.17, 15) is 14.4 Å². The van der Waals surface area contributed by atoms with E-state index in [1.54, 1.807) is 47.8 Å². The maximum absolute atomic E-state index is 13.4. The Bertz CT molecular complexity index is 1570. The number of nitrogens with one attached hydrogen (secondary N) is 1. The third kappa shape index (κ3) is 5.39. The molecular weight excluding hydrogens is 550 g/mol. The number of benzene rings is 2. The summed E-state index contributed by atoms with van der Waals surface area (Å²) >= 11 is 7.96. The second-order valence-electron chi connectivity index (χ2n) is 10.2. The Morgan fingerprint density at radius 2 is 1.75 bits per heavy atom. The Kier molecular flexibility index (Phi) is 7.16. The summed E-state index contributed by atoms with van der Waals surface area (Å²) in [4.78, 5) is 45.2. The number of aromatic nitrogens is 1. The van der Waals surface area contributed by atoms with E-state index in [0.29, 0.717) is 46.5 Å². The highest BCUT2D eigenvalue weighted by molar-refractivity contribution is 7.15. The first-order chi connectivity index (χ1) is 19.4. The van der Waals surface area contributed by atoms with E-state index in [1.807, 2.05) is 18.2 Å². The van der Waals surface area contributed by atoms with E-state index in [4.69, 9.17) is 21.1 Å². The third-order valence-corrected chi connectivity index (χ3v) is 9.05. The van der Waals surface area contributed by atoms with Crippen LogP contribution in [0.5, 0.6) is 0 Å². The van der Waals surface area contributed by atoms with Crippen LogP contribution < -0.4 is 5.32 Å². The molecule has 4 aromatic rings. The maximum Gasteiger partial charge on any atom is 0.549 e. The lowest BCUT2D eigenvalue weighted by atomic mass is 9.89. The zero-order chi connectivity index (χ0) is 27.8. The molecule has 10 heteroatoms. The highest BCUT2D eigenvalue weighted by atomic mass is 35.5. The van der Waals surface area contributed by atoms with Crippen LogP contribution in [0.15, 0.2) is 65.5 Å². The smallest absolute Gasteiger partial charge is 0.549 e. The summed E-state index contributed by atoms with van der Waals surface area (Å²) in [5.41, 5.74) is 3.43. The number of piperidine rings is 1. The highest BCUT2D eigenvalue weighted by Gasteiger charge is 2.31. The molecule has 0 unspecified atom stereocenters. The first-order valence-corrected chi connectivity index (χ1v) is 14.4. The van der Waals surface area contributed by atoms with Gasteiger partial charge in [-0.15, -0.1) is 11.3 Å². The van der Waals surface area contributed by atoms with Gasteiger partial charge in [0.25, 0.3) is 11.8 Å². The lowest BCUT2D eigenvalue weighted by Crippen LogP contribution is -2.38. The van der Waals surface area contributed by atoms with Gasteiger partial charge in [-0.3, -0.25) is 9.59 Å². The van der Waals surface area contributed by atoms with Crippen molar-refractivity contribution in [3.8, 4) is 10.4 Å².